The fraction of sp³-hybridized carbons (Fsp3) is 0.318. The molecule has 1 amide bonds. The number of carbonyl (C=O) groups is 1. The molecule has 4 rings (SSSR count). The predicted octanol–water partition coefficient (Wildman–Crippen LogP) is 3.69. The molecule has 0 saturated heterocycles. The number of aromatic nitrogens is 3. The van der Waals surface area contributed by atoms with Crippen molar-refractivity contribution in [1.82, 2.24) is 20.1 Å². The number of aryl methyl sites for hydroxylation is 1. The average molecular weight is 391 g/mol. The third-order valence-electron chi connectivity index (χ3n) is 5.13. The second kappa shape index (κ2) is 8.77. The fourth-order valence-electron chi connectivity index (χ4n) is 3.55. The average Bonchev–Trinajstić information content (AvgIpc) is 2.99. The Morgan fingerprint density at radius 3 is 2.72 bits per heavy atom. The Morgan fingerprint density at radius 2 is 1.90 bits per heavy atom. The van der Waals surface area contributed by atoms with Crippen LogP contribution in [0.3, 0.4) is 0 Å². The Morgan fingerprint density at radius 1 is 1.07 bits per heavy atom. The number of para-hydroxylation sites is 1. The van der Waals surface area contributed by atoms with Crippen molar-refractivity contribution in [2.24, 2.45) is 0 Å². The Bertz CT molecular complexity index is 981. The minimum atomic E-state index is -0.146. The summed E-state index contributed by atoms with van der Waals surface area (Å²) >= 11 is 0. The topological polar surface area (TPSA) is 81.1 Å². The van der Waals surface area contributed by atoms with Crippen LogP contribution < -0.4 is 15.4 Å². The Balaban J connectivity index is 1.46. The third kappa shape index (κ3) is 4.39. The second-order valence-electron chi connectivity index (χ2n) is 7.08. The largest absolute Gasteiger partial charge is 0.497 e. The minimum Gasteiger partial charge on any atom is -0.497 e. The maximum Gasteiger partial charge on any atom is 0.253 e. The number of methoxy groups -OCH3 is 1. The first-order valence-electron chi connectivity index (χ1n) is 9.94. The van der Waals surface area contributed by atoms with Gasteiger partial charge >= 0.3 is 0 Å². The molecule has 0 radical (unpaired) electrons. The molecule has 2 heterocycles. The number of amides is 1. The number of anilines is 2. The minimum absolute atomic E-state index is 0.146. The van der Waals surface area contributed by atoms with Gasteiger partial charge in [0, 0.05) is 18.7 Å². The van der Waals surface area contributed by atoms with Crippen LogP contribution >= 0.6 is 0 Å². The first-order chi connectivity index (χ1) is 14.2. The Hall–Kier alpha value is -3.35. The van der Waals surface area contributed by atoms with E-state index in [-0.39, 0.29) is 5.91 Å². The highest BCUT2D eigenvalue weighted by molar-refractivity contribution is 6.00. The van der Waals surface area contributed by atoms with Crippen molar-refractivity contribution >= 4 is 17.3 Å². The monoisotopic (exact) mass is 391 g/mol. The number of fused-ring (bicyclic) bond motifs is 1. The number of nitrogens with zero attached hydrogens (tertiary/aromatic N) is 3. The van der Waals surface area contributed by atoms with Gasteiger partial charge in [0.1, 0.15) is 11.6 Å². The molecule has 0 aliphatic carbocycles. The van der Waals surface area contributed by atoms with E-state index in [4.69, 9.17) is 4.74 Å². The number of rotatable bonds is 6. The predicted molar refractivity (Wildman–Crippen MR) is 111 cm³/mol. The van der Waals surface area contributed by atoms with Gasteiger partial charge in [-0.2, -0.15) is 0 Å². The lowest BCUT2D eigenvalue weighted by atomic mass is 10.1. The molecule has 2 aromatic carbocycles. The maximum atomic E-state index is 12.9. The molecule has 2 N–H and O–H groups in total. The van der Waals surface area contributed by atoms with Gasteiger partial charge in [-0.05, 0) is 49.2 Å². The number of hydrogen-bond donors (Lipinski definition) is 2. The highest BCUT2D eigenvalue weighted by Crippen LogP contribution is 2.23. The van der Waals surface area contributed by atoms with Crippen LogP contribution in [0.1, 0.15) is 41.3 Å². The number of carbonyl (C=O) groups excluding carboxylic acids is 1. The Labute approximate surface area is 170 Å². The summed E-state index contributed by atoms with van der Waals surface area (Å²) in [5.41, 5.74) is 2.21. The zero-order valence-electron chi connectivity index (χ0n) is 16.5. The summed E-state index contributed by atoms with van der Waals surface area (Å²) in [7, 11) is 1.64. The third-order valence-corrected chi connectivity index (χ3v) is 5.13. The molecule has 0 unspecified atom stereocenters. The summed E-state index contributed by atoms with van der Waals surface area (Å²) in [4.78, 5) is 12.9. The van der Waals surface area contributed by atoms with Gasteiger partial charge in [-0.25, -0.2) is 0 Å². The summed E-state index contributed by atoms with van der Waals surface area (Å²) in [5.74, 6) is 2.48. The van der Waals surface area contributed by atoms with Gasteiger partial charge in [-0.1, -0.05) is 18.6 Å². The molecule has 1 aliphatic rings. The summed E-state index contributed by atoms with van der Waals surface area (Å²) in [6.45, 7) is 1.28. The van der Waals surface area contributed by atoms with Crippen LogP contribution in [-0.2, 0) is 19.5 Å². The molecule has 0 fully saturated rings. The van der Waals surface area contributed by atoms with E-state index in [1.165, 1.54) is 6.42 Å². The molecule has 0 bridgehead atoms. The van der Waals surface area contributed by atoms with Crippen molar-refractivity contribution < 1.29 is 9.53 Å². The van der Waals surface area contributed by atoms with E-state index >= 15 is 0 Å². The standard InChI is InChI=1S/C22H25N5O2/c1-29-17-12-10-16(11-13-17)24-19-8-5-4-7-18(19)22(28)23-15-21-26-25-20-9-3-2-6-14-27(20)21/h4-5,7-8,10-13,24H,2-3,6,9,14-15H2,1H3,(H,23,28). The molecule has 3 aromatic rings. The Kier molecular flexibility index (Phi) is 5.74. The van der Waals surface area contributed by atoms with Gasteiger partial charge in [-0.15, -0.1) is 10.2 Å². The number of nitrogens with one attached hydrogen (secondary N) is 2. The zero-order chi connectivity index (χ0) is 20.1. The van der Waals surface area contributed by atoms with E-state index in [2.05, 4.69) is 25.4 Å². The van der Waals surface area contributed by atoms with E-state index in [9.17, 15) is 4.79 Å². The maximum absolute atomic E-state index is 12.9. The molecule has 1 aliphatic heterocycles. The fourth-order valence-corrected chi connectivity index (χ4v) is 3.55. The molecule has 29 heavy (non-hydrogen) atoms. The van der Waals surface area contributed by atoms with Crippen molar-refractivity contribution in [3.63, 3.8) is 0 Å². The van der Waals surface area contributed by atoms with E-state index in [1.54, 1.807) is 7.11 Å². The van der Waals surface area contributed by atoms with Crippen molar-refractivity contribution in [2.45, 2.75) is 38.8 Å². The molecule has 0 spiro atoms. The van der Waals surface area contributed by atoms with Crippen molar-refractivity contribution in [2.75, 3.05) is 12.4 Å². The number of benzene rings is 2. The van der Waals surface area contributed by atoms with Gasteiger partial charge in [0.05, 0.1) is 24.9 Å². The van der Waals surface area contributed by atoms with Crippen LogP contribution in [0.25, 0.3) is 0 Å². The highest BCUT2D eigenvalue weighted by Gasteiger charge is 2.16. The smallest absolute Gasteiger partial charge is 0.253 e. The van der Waals surface area contributed by atoms with Crippen LogP contribution in [0.5, 0.6) is 5.75 Å². The molecule has 7 heteroatoms. The summed E-state index contributed by atoms with van der Waals surface area (Å²) in [5, 5.41) is 14.9. The molecule has 7 nitrogen and oxygen atoms in total. The molecule has 1 aromatic heterocycles. The van der Waals surface area contributed by atoms with Crippen molar-refractivity contribution in [3.05, 3.63) is 65.7 Å². The molecule has 0 atom stereocenters. The number of ether oxygens (including phenoxy) is 1. The van der Waals surface area contributed by atoms with Gasteiger partial charge < -0.3 is 19.9 Å². The lowest BCUT2D eigenvalue weighted by Gasteiger charge is -2.13. The summed E-state index contributed by atoms with van der Waals surface area (Å²) in [6, 6.07) is 15.0. The quantitative estimate of drug-likeness (QED) is 0.670. The van der Waals surface area contributed by atoms with E-state index in [1.807, 2.05) is 48.5 Å². The molecular formula is C22H25N5O2. The van der Waals surface area contributed by atoms with Gasteiger partial charge in [0.25, 0.3) is 5.91 Å². The zero-order valence-corrected chi connectivity index (χ0v) is 16.5. The second-order valence-corrected chi connectivity index (χ2v) is 7.08. The van der Waals surface area contributed by atoms with E-state index < -0.39 is 0 Å². The lowest BCUT2D eigenvalue weighted by molar-refractivity contribution is 0.0950. The first kappa shape index (κ1) is 19.0. The van der Waals surface area contributed by atoms with Crippen LogP contribution in [0, 0.1) is 0 Å². The van der Waals surface area contributed by atoms with Crippen molar-refractivity contribution in [3.8, 4) is 5.75 Å². The van der Waals surface area contributed by atoms with Crippen LogP contribution in [0.15, 0.2) is 48.5 Å². The van der Waals surface area contributed by atoms with E-state index in [0.717, 1.165) is 54.6 Å². The molecule has 150 valence electrons. The first-order valence-corrected chi connectivity index (χ1v) is 9.94. The van der Waals surface area contributed by atoms with Crippen LogP contribution in [-0.4, -0.2) is 27.8 Å². The van der Waals surface area contributed by atoms with Gasteiger partial charge in [0.15, 0.2) is 5.82 Å². The van der Waals surface area contributed by atoms with Gasteiger partial charge in [-0.3, -0.25) is 4.79 Å². The SMILES string of the molecule is COc1ccc(Nc2ccccc2C(=O)NCc2nnc3n2CCCCC3)cc1. The summed E-state index contributed by atoms with van der Waals surface area (Å²) < 4.78 is 7.34. The number of hydrogen-bond acceptors (Lipinski definition) is 5. The molecular weight excluding hydrogens is 366 g/mol. The van der Waals surface area contributed by atoms with Gasteiger partial charge in [0.2, 0.25) is 0 Å². The highest BCUT2D eigenvalue weighted by atomic mass is 16.5. The van der Waals surface area contributed by atoms with E-state index in [0.29, 0.717) is 12.1 Å². The lowest BCUT2D eigenvalue weighted by Crippen LogP contribution is -2.25. The molecule has 0 saturated carbocycles. The summed E-state index contributed by atoms with van der Waals surface area (Å²) in [6.07, 6.45) is 4.44. The van der Waals surface area contributed by atoms with Crippen LogP contribution in [0.4, 0.5) is 11.4 Å². The van der Waals surface area contributed by atoms with Crippen molar-refractivity contribution in [1.29, 1.82) is 0 Å². The van der Waals surface area contributed by atoms with Crippen LogP contribution in [0.2, 0.25) is 0 Å². The normalized spacial score (nSPS) is 13.3.